The molecule has 34 heavy (non-hydrogen) atoms. The number of carbonyl (C=O) groups is 1. The Hall–Kier alpha value is -4.29. The topological polar surface area (TPSA) is 75.6 Å². The first-order valence-electron chi connectivity index (χ1n) is 10.6. The number of nitrogens with zero attached hydrogens (tertiary/aromatic N) is 3. The van der Waals surface area contributed by atoms with Crippen molar-refractivity contribution in [3.8, 4) is 28.1 Å². The first-order chi connectivity index (χ1) is 16.5. The quantitative estimate of drug-likeness (QED) is 0.233. The number of hydrogen-bond acceptors (Lipinski definition) is 4. The van der Waals surface area contributed by atoms with Crippen molar-refractivity contribution in [3.05, 3.63) is 118 Å². The van der Waals surface area contributed by atoms with Gasteiger partial charge in [-0.1, -0.05) is 60.1 Å². The van der Waals surface area contributed by atoms with Crippen LogP contribution in [0.3, 0.4) is 0 Å². The zero-order valence-corrected chi connectivity index (χ0v) is 18.7. The molecule has 3 heterocycles. The molecule has 0 amide bonds. The fourth-order valence-electron chi connectivity index (χ4n) is 4.02. The van der Waals surface area contributed by atoms with Gasteiger partial charge in [-0.2, -0.15) is 8.97 Å². The van der Waals surface area contributed by atoms with E-state index in [-0.39, 0.29) is 23.5 Å². The van der Waals surface area contributed by atoms with Crippen LogP contribution in [0.25, 0.3) is 27.9 Å². The Labute approximate surface area is 200 Å². The molecule has 2 aromatic carbocycles. The van der Waals surface area contributed by atoms with Crippen molar-refractivity contribution in [2.24, 2.45) is 0 Å². The second-order valence-electron chi connectivity index (χ2n) is 7.83. The fourth-order valence-corrected chi connectivity index (χ4v) is 4.13. The maximum atomic E-state index is 13.5. The molecule has 166 valence electrons. The van der Waals surface area contributed by atoms with Gasteiger partial charge in [-0.15, -0.1) is 0 Å². The maximum Gasteiger partial charge on any atom is 0.354 e. The summed E-state index contributed by atoms with van der Waals surface area (Å²) < 4.78 is 3.18. The van der Waals surface area contributed by atoms with Gasteiger partial charge in [0.1, 0.15) is 18.0 Å². The lowest BCUT2D eigenvalue weighted by Gasteiger charge is -2.11. The van der Waals surface area contributed by atoms with Crippen molar-refractivity contribution in [1.82, 2.24) is 9.38 Å². The standard InChI is InChI=1S/C27H18ClN3O3/c28-23-11-10-19(15-29-23)16-31-24-9-1-2-12-30(24)26(33)25(27(31)34)22-8-4-7-21(14-22)20-6-3-5-18(13-20)17-32/h1-15,17H,16H2/p+1. The van der Waals surface area contributed by atoms with Crippen LogP contribution in [0.5, 0.6) is 5.88 Å². The number of carbonyl (C=O) groups excluding carboxylic acids is 1. The Balaban J connectivity index is 1.71. The second kappa shape index (κ2) is 8.92. The minimum Gasteiger partial charge on any atom is -0.477 e. The van der Waals surface area contributed by atoms with E-state index in [9.17, 15) is 14.7 Å². The molecule has 5 rings (SSSR count). The van der Waals surface area contributed by atoms with Gasteiger partial charge in [-0.05, 0) is 41.0 Å². The van der Waals surface area contributed by atoms with Crippen LogP contribution in [0.2, 0.25) is 5.15 Å². The molecule has 0 spiro atoms. The molecular formula is C27H19ClN3O3+. The molecule has 0 fully saturated rings. The predicted octanol–water partition coefficient (Wildman–Crippen LogP) is 4.54. The number of pyridine rings is 2. The van der Waals surface area contributed by atoms with E-state index in [1.807, 2.05) is 42.5 Å². The number of rotatable bonds is 5. The monoisotopic (exact) mass is 468 g/mol. The van der Waals surface area contributed by atoms with E-state index in [0.29, 0.717) is 21.9 Å². The zero-order chi connectivity index (χ0) is 23.7. The molecule has 1 N–H and O–H groups in total. The van der Waals surface area contributed by atoms with E-state index in [1.165, 1.54) is 4.40 Å². The molecule has 0 aliphatic rings. The van der Waals surface area contributed by atoms with Crippen molar-refractivity contribution < 1.29 is 14.5 Å². The normalized spacial score (nSPS) is 11.0. The lowest BCUT2D eigenvalue weighted by atomic mass is 9.99. The van der Waals surface area contributed by atoms with Crippen LogP contribution in [0.4, 0.5) is 0 Å². The largest absolute Gasteiger partial charge is 0.477 e. The van der Waals surface area contributed by atoms with E-state index in [4.69, 9.17) is 11.6 Å². The molecule has 0 aliphatic carbocycles. The van der Waals surface area contributed by atoms with Gasteiger partial charge < -0.3 is 5.11 Å². The predicted molar refractivity (Wildman–Crippen MR) is 130 cm³/mol. The van der Waals surface area contributed by atoms with Crippen molar-refractivity contribution in [2.45, 2.75) is 6.54 Å². The third-order valence-electron chi connectivity index (χ3n) is 5.66. The average Bonchev–Trinajstić information content (AvgIpc) is 2.88. The summed E-state index contributed by atoms with van der Waals surface area (Å²) in [6.07, 6.45) is 4.11. The highest BCUT2D eigenvalue weighted by Gasteiger charge is 2.25. The molecule has 0 bridgehead atoms. The van der Waals surface area contributed by atoms with Gasteiger partial charge >= 0.3 is 5.56 Å². The smallest absolute Gasteiger partial charge is 0.354 e. The van der Waals surface area contributed by atoms with E-state index in [0.717, 1.165) is 23.0 Å². The summed E-state index contributed by atoms with van der Waals surface area (Å²) in [6.45, 7) is 0.290. The Kier molecular flexibility index (Phi) is 5.65. The van der Waals surface area contributed by atoms with Gasteiger partial charge in [0.05, 0.1) is 6.20 Å². The molecule has 6 nitrogen and oxygen atoms in total. The molecule has 0 saturated carbocycles. The van der Waals surface area contributed by atoms with Gasteiger partial charge in [0.25, 0.3) is 11.5 Å². The third kappa shape index (κ3) is 3.95. The van der Waals surface area contributed by atoms with Gasteiger partial charge in [0.2, 0.25) is 0 Å². The Morgan fingerprint density at radius 2 is 1.71 bits per heavy atom. The van der Waals surface area contributed by atoms with Gasteiger partial charge in [-0.25, -0.2) is 9.78 Å². The van der Waals surface area contributed by atoms with E-state index in [2.05, 4.69) is 4.98 Å². The highest BCUT2D eigenvalue weighted by atomic mass is 35.5. The van der Waals surface area contributed by atoms with Gasteiger partial charge in [-0.3, -0.25) is 4.79 Å². The van der Waals surface area contributed by atoms with Crippen molar-refractivity contribution in [2.75, 3.05) is 0 Å². The number of aldehydes is 1. The van der Waals surface area contributed by atoms with Crippen LogP contribution in [0.1, 0.15) is 15.9 Å². The molecule has 5 aromatic rings. The van der Waals surface area contributed by atoms with E-state index >= 15 is 0 Å². The molecule has 0 aliphatic heterocycles. The highest BCUT2D eigenvalue weighted by Crippen LogP contribution is 2.29. The number of fused-ring (bicyclic) bond motifs is 1. The van der Waals surface area contributed by atoms with Crippen LogP contribution in [0, 0.1) is 0 Å². The summed E-state index contributed by atoms with van der Waals surface area (Å²) in [6, 6.07) is 23.4. The van der Waals surface area contributed by atoms with Crippen LogP contribution in [-0.2, 0) is 6.54 Å². The molecular weight excluding hydrogens is 450 g/mol. The van der Waals surface area contributed by atoms with Crippen LogP contribution >= 0.6 is 11.6 Å². The average molecular weight is 469 g/mol. The fraction of sp³-hybridized carbons (Fsp3) is 0.0370. The summed E-state index contributed by atoms with van der Waals surface area (Å²) in [5.41, 5.74) is 4.00. The van der Waals surface area contributed by atoms with Crippen LogP contribution < -0.4 is 10.1 Å². The molecule has 3 aromatic heterocycles. The minimum atomic E-state index is -0.336. The van der Waals surface area contributed by atoms with E-state index in [1.54, 1.807) is 53.4 Å². The summed E-state index contributed by atoms with van der Waals surface area (Å²) >= 11 is 5.92. The summed E-state index contributed by atoms with van der Waals surface area (Å²) in [7, 11) is 0. The van der Waals surface area contributed by atoms with E-state index < -0.39 is 0 Å². The SMILES string of the molecule is O=Cc1cccc(-c2cccc(-c3c(O)[n+](Cc4ccc(Cl)nc4)c4ccccn4c3=O)c2)c1. The van der Waals surface area contributed by atoms with Gasteiger partial charge in [0.15, 0.2) is 5.56 Å². The summed E-state index contributed by atoms with van der Waals surface area (Å²) in [5.74, 6) is -0.148. The van der Waals surface area contributed by atoms with Crippen molar-refractivity contribution >= 4 is 23.5 Å². The maximum absolute atomic E-state index is 13.5. The Bertz CT molecular complexity index is 1590. The highest BCUT2D eigenvalue weighted by molar-refractivity contribution is 6.29. The Morgan fingerprint density at radius 3 is 2.47 bits per heavy atom. The number of aromatic nitrogens is 3. The molecule has 0 saturated heterocycles. The van der Waals surface area contributed by atoms with Crippen LogP contribution in [-0.4, -0.2) is 20.8 Å². The number of hydrogen-bond donors (Lipinski definition) is 1. The summed E-state index contributed by atoms with van der Waals surface area (Å²) in [4.78, 5) is 28.8. The van der Waals surface area contributed by atoms with Crippen LogP contribution in [0.15, 0.2) is 96.1 Å². The number of aromatic hydroxyl groups is 1. The first-order valence-corrected chi connectivity index (χ1v) is 11.0. The van der Waals surface area contributed by atoms with Crippen molar-refractivity contribution in [3.63, 3.8) is 0 Å². The third-order valence-corrected chi connectivity index (χ3v) is 5.89. The number of halogens is 1. The molecule has 0 atom stereocenters. The minimum absolute atomic E-state index is 0.148. The van der Waals surface area contributed by atoms with Crippen molar-refractivity contribution in [1.29, 1.82) is 0 Å². The molecule has 0 unspecified atom stereocenters. The molecule has 0 radical (unpaired) electrons. The lowest BCUT2D eigenvalue weighted by Crippen LogP contribution is -2.41. The molecule has 7 heteroatoms. The lowest BCUT2D eigenvalue weighted by molar-refractivity contribution is -0.671. The Morgan fingerprint density at radius 1 is 0.941 bits per heavy atom. The zero-order valence-electron chi connectivity index (χ0n) is 17.9. The first kappa shape index (κ1) is 21.6. The van der Waals surface area contributed by atoms with Gasteiger partial charge in [0, 0.05) is 23.4 Å². The summed E-state index contributed by atoms with van der Waals surface area (Å²) in [5, 5.41) is 11.7. The number of benzene rings is 2. The second-order valence-corrected chi connectivity index (χ2v) is 8.22.